The summed E-state index contributed by atoms with van der Waals surface area (Å²) in [6.07, 6.45) is 3.66. The molecule has 0 N–H and O–H groups in total. The van der Waals surface area contributed by atoms with Gasteiger partial charge in [0.25, 0.3) is 0 Å². The fourth-order valence-corrected chi connectivity index (χ4v) is 2.91. The zero-order valence-electron chi connectivity index (χ0n) is 10.9. The molecule has 2 atom stereocenters. The van der Waals surface area contributed by atoms with E-state index in [2.05, 4.69) is 6.92 Å². The molecule has 0 amide bonds. The van der Waals surface area contributed by atoms with Crippen molar-refractivity contribution in [2.24, 2.45) is 11.8 Å². The Morgan fingerprint density at radius 3 is 2.83 bits per heavy atom. The number of Topliss-reactive ketones (excluding diaryl/α,β-unsaturated/α-hetero) is 1. The minimum Gasteiger partial charge on any atom is -0.496 e. The summed E-state index contributed by atoms with van der Waals surface area (Å²) in [4.78, 5) is 12.2. The van der Waals surface area contributed by atoms with E-state index in [1.807, 2.05) is 12.1 Å². The summed E-state index contributed by atoms with van der Waals surface area (Å²) >= 11 is 5.97. The first-order valence-electron chi connectivity index (χ1n) is 6.45. The number of carbonyl (C=O) groups is 1. The van der Waals surface area contributed by atoms with Crippen LogP contribution in [-0.4, -0.2) is 12.9 Å². The van der Waals surface area contributed by atoms with E-state index < -0.39 is 0 Å². The molecule has 0 spiro atoms. The molecule has 0 saturated heterocycles. The zero-order valence-corrected chi connectivity index (χ0v) is 11.7. The molecule has 1 fully saturated rings. The van der Waals surface area contributed by atoms with Gasteiger partial charge in [0.15, 0.2) is 0 Å². The van der Waals surface area contributed by atoms with Gasteiger partial charge < -0.3 is 4.74 Å². The van der Waals surface area contributed by atoms with Crippen LogP contribution in [0.25, 0.3) is 0 Å². The maximum Gasteiger partial charge on any atom is 0.140 e. The average molecular weight is 267 g/mol. The molecule has 0 aliphatic heterocycles. The third kappa shape index (κ3) is 3.05. The minimum absolute atomic E-state index is 0.226. The first-order valence-corrected chi connectivity index (χ1v) is 6.83. The Morgan fingerprint density at radius 1 is 1.44 bits per heavy atom. The van der Waals surface area contributed by atoms with E-state index in [9.17, 15) is 4.79 Å². The van der Waals surface area contributed by atoms with E-state index in [1.54, 1.807) is 13.2 Å². The standard InChI is InChI=1S/C15H19ClO2/c1-10-3-4-11(7-10)14(17)9-12-8-13(16)5-6-15(12)18-2/h5-6,8,10-11H,3-4,7,9H2,1-2H3. The quantitative estimate of drug-likeness (QED) is 0.826. The molecular formula is C15H19ClO2. The number of ketones is 1. The maximum atomic E-state index is 12.2. The van der Waals surface area contributed by atoms with Crippen molar-refractivity contribution in [1.29, 1.82) is 0 Å². The van der Waals surface area contributed by atoms with Crippen LogP contribution in [0.15, 0.2) is 18.2 Å². The summed E-state index contributed by atoms with van der Waals surface area (Å²) < 4.78 is 5.27. The third-order valence-electron chi connectivity index (χ3n) is 3.76. The topological polar surface area (TPSA) is 26.3 Å². The molecule has 98 valence electrons. The van der Waals surface area contributed by atoms with Crippen molar-refractivity contribution in [2.45, 2.75) is 32.6 Å². The van der Waals surface area contributed by atoms with Crippen molar-refractivity contribution in [3.05, 3.63) is 28.8 Å². The molecule has 2 unspecified atom stereocenters. The summed E-state index contributed by atoms with van der Waals surface area (Å²) in [5.41, 5.74) is 0.898. The second-order valence-electron chi connectivity index (χ2n) is 5.21. The van der Waals surface area contributed by atoms with Gasteiger partial charge in [-0.15, -0.1) is 0 Å². The molecule has 18 heavy (non-hydrogen) atoms. The first-order chi connectivity index (χ1) is 8.60. The molecule has 3 heteroatoms. The summed E-state index contributed by atoms with van der Waals surface area (Å²) in [7, 11) is 1.62. The summed E-state index contributed by atoms with van der Waals surface area (Å²) in [6, 6.07) is 5.44. The Morgan fingerprint density at radius 2 is 2.22 bits per heavy atom. The number of ether oxygens (including phenoxy) is 1. The monoisotopic (exact) mass is 266 g/mol. The maximum absolute atomic E-state index is 12.2. The van der Waals surface area contributed by atoms with Crippen molar-refractivity contribution >= 4 is 17.4 Å². The number of carbonyl (C=O) groups excluding carboxylic acids is 1. The van der Waals surface area contributed by atoms with Crippen molar-refractivity contribution in [2.75, 3.05) is 7.11 Å². The smallest absolute Gasteiger partial charge is 0.140 e. The number of methoxy groups -OCH3 is 1. The SMILES string of the molecule is COc1ccc(Cl)cc1CC(=O)C1CCC(C)C1. The molecule has 1 aromatic carbocycles. The van der Waals surface area contributed by atoms with Crippen molar-refractivity contribution in [3.8, 4) is 5.75 Å². The largest absolute Gasteiger partial charge is 0.496 e. The number of rotatable bonds is 4. The predicted octanol–water partition coefficient (Wildman–Crippen LogP) is 3.90. The van der Waals surface area contributed by atoms with Crippen LogP contribution in [0, 0.1) is 11.8 Å². The Kier molecular flexibility index (Phi) is 4.28. The lowest BCUT2D eigenvalue weighted by atomic mass is 9.95. The van der Waals surface area contributed by atoms with Crippen LogP contribution in [0.2, 0.25) is 5.02 Å². The number of hydrogen-bond acceptors (Lipinski definition) is 2. The lowest BCUT2D eigenvalue weighted by Gasteiger charge is -2.11. The number of halogens is 1. The highest BCUT2D eigenvalue weighted by molar-refractivity contribution is 6.30. The van der Waals surface area contributed by atoms with Crippen LogP contribution < -0.4 is 4.74 Å². The summed E-state index contributed by atoms with van der Waals surface area (Å²) in [5, 5.41) is 0.651. The molecule has 1 saturated carbocycles. The lowest BCUT2D eigenvalue weighted by molar-refractivity contribution is -0.122. The summed E-state index contributed by atoms with van der Waals surface area (Å²) in [6.45, 7) is 2.22. The third-order valence-corrected chi connectivity index (χ3v) is 3.99. The van der Waals surface area contributed by atoms with Gasteiger partial charge in [0.2, 0.25) is 0 Å². The molecule has 1 aliphatic carbocycles. The second kappa shape index (κ2) is 5.75. The first kappa shape index (κ1) is 13.4. The van der Waals surface area contributed by atoms with Gasteiger partial charge in [0.05, 0.1) is 7.11 Å². The Balaban J connectivity index is 2.09. The van der Waals surface area contributed by atoms with Gasteiger partial charge in [-0.05, 0) is 43.4 Å². The molecule has 1 aliphatic rings. The molecule has 2 nitrogen and oxygen atoms in total. The second-order valence-corrected chi connectivity index (χ2v) is 5.65. The van der Waals surface area contributed by atoms with Crippen molar-refractivity contribution < 1.29 is 9.53 Å². The van der Waals surface area contributed by atoms with Gasteiger partial charge in [-0.25, -0.2) is 0 Å². The van der Waals surface area contributed by atoms with Crippen LogP contribution in [0.3, 0.4) is 0 Å². The van der Waals surface area contributed by atoms with Gasteiger partial charge in [-0.3, -0.25) is 4.79 Å². The predicted molar refractivity (Wildman–Crippen MR) is 73.2 cm³/mol. The van der Waals surface area contributed by atoms with E-state index in [1.165, 1.54) is 6.42 Å². The van der Waals surface area contributed by atoms with Gasteiger partial charge in [-0.1, -0.05) is 18.5 Å². The fraction of sp³-hybridized carbons (Fsp3) is 0.533. The van der Waals surface area contributed by atoms with Crippen LogP contribution in [-0.2, 0) is 11.2 Å². The van der Waals surface area contributed by atoms with E-state index in [4.69, 9.17) is 16.3 Å². The van der Waals surface area contributed by atoms with E-state index >= 15 is 0 Å². The highest BCUT2D eigenvalue weighted by atomic mass is 35.5. The van der Waals surface area contributed by atoms with E-state index in [-0.39, 0.29) is 5.92 Å². The Bertz CT molecular complexity index is 442. The molecule has 0 bridgehead atoms. The van der Waals surface area contributed by atoms with Crippen molar-refractivity contribution in [1.82, 2.24) is 0 Å². The molecule has 0 radical (unpaired) electrons. The molecule has 1 aromatic rings. The van der Waals surface area contributed by atoms with E-state index in [0.29, 0.717) is 23.1 Å². The number of benzene rings is 1. The molecule has 0 aromatic heterocycles. The minimum atomic E-state index is 0.226. The van der Waals surface area contributed by atoms with Crippen LogP contribution in [0.4, 0.5) is 0 Å². The fourth-order valence-electron chi connectivity index (χ4n) is 2.72. The van der Waals surface area contributed by atoms with E-state index in [0.717, 1.165) is 24.2 Å². The van der Waals surface area contributed by atoms with Crippen LogP contribution in [0.5, 0.6) is 5.75 Å². The summed E-state index contributed by atoms with van der Waals surface area (Å²) in [5.74, 6) is 1.97. The van der Waals surface area contributed by atoms with Gasteiger partial charge >= 0.3 is 0 Å². The van der Waals surface area contributed by atoms with Crippen molar-refractivity contribution in [3.63, 3.8) is 0 Å². The number of hydrogen-bond donors (Lipinski definition) is 0. The Hall–Kier alpha value is -1.02. The average Bonchev–Trinajstić information content (AvgIpc) is 2.76. The van der Waals surface area contributed by atoms with Crippen LogP contribution in [0.1, 0.15) is 31.7 Å². The highest BCUT2D eigenvalue weighted by Crippen LogP contribution is 2.33. The van der Waals surface area contributed by atoms with Gasteiger partial charge in [0.1, 0.15) is 11.5 Å². The zero-order chi connectivity index (χ0) is 13.1. The normalized spacial score (nSPS) is 23.1. The van der Waals surface area contributed by atoms with Crippen LogP contribution >= 0.6 is 11.6 Å². The lowest BCUT2D eigenvalue weighted by Crippen LogP contribution is -2.14. The van der Waals surface area contributed by atoms with Gasteiger partial charge in [-0.2, -0.15) is 0 Å². The molecule has 2 rings (SSSR count). The highest BCUT2D eigenvalue weighted by Gasteiger charge is 2.27. The van der Waals surface area contributed by atoms with Gasteiger partial charge in [0, 0.05) is 22.9 Å². The Labute approximate surface area is 113 Å². The molecular weight excluding hydrogens is 248 g/mol. The molecule has 0 heterocycles.